The van der Waals surface area contributed by atoms with Crippen molar-refractivity contribution in [1.29, 1.82) is 0 Å². The maximum atomic E-state index is 12.9. The van der Waals surface area contributed by atoms with E-state index in [-0.39, 0.29) is 23.6 Å². The van der Waals surface area contributed by atoms with Crippen LogP contribution in [-0.2, 0) is 11.8 Å². The first kappa shape index (κ1) is 20.7. The third kappa shape index (κ3) is 5.47. The number of nitrogens with one attached hydrogen (secondary N) is 1. The molecule has 29 heavy (non-hydrogen) atoms. The van der Waals surface area contributed by atoms with Crippen LogP contribution in [0.4, 0.5) is 10.1 Å². The van der Waals surface area contributed by atoms with Gasteiger partial charge in [-0.25, -0.2) is 4.39 Å². The van der Waals surface area contributed by atoms with Crippen molar-refractivity contribution in [2.75, 3.05) is 18.2 Å². The second-order valence-corrected chi connectivity index (χ2v) is 7.12. The highest BCUT2D eigenvalue weighted by atomic mass is 32.2. The van der Waals surface area contributed by atoms with E-state index < -0.39 is 0 Å². The highest BCUT2D eigenvalue weighted by Crippen LogP contribution is 2.25. The number of hydrogen-bond acceptors (Lipinski definition) is 6. The summed E-state index contributed by atoms with van der Waals surface area (Å²) >= 11 is 1.26. The standard InChI is InChI=1S/C20H21FN4O3S/c1-13(28-17-10-8-16(27-3)9-11-17)19-23-24-20(25(19)2)29-12-18(26)22-15-6-4-14(21)5-7-15/h4-11,13H,12H2,1-3H3,(H,22,26). The van der Waals surface area contributed by atoms with Gasteiger partial charge in [-0.1, -0.05) is 11.8 Å². The molecule has 0 saturated heterocycles. The topological polar surface area (TPSA) is 78.3 Å². The number of hydrogen-bond donors (Lipinski definition) is 1. The van der Waals surface area contributed by atoms with E-state index in [4.69, 9.17) is 9.47 Å². The molecule has 3 rings (SSSR count). The number of methoxy groups -OCH3 is 1. The number of rotatable bonds is 8. The second kappa shape index (κ2) is 9.42. The van der Waals surface area contributed by atoms with E-state index >= 15 is 0 Å². The molecule has 1 heterocycles. The van der Waals surface area contributed by atoms with Gasteiger partial charge in [-0.05, 0) is 55.5 Å². The Morgan fingerprint density at radius 3 is 2.45 bits per heavy atom. The van der Waals surface area contributed by atoms with E-state index in [0.717, 1.165) is 5.75 Å². The van der Waals surface area contributed by atoms with Crippen molar-refractivity contribution in [3.05, 3.63) is 60.2 Å². The Labute approximate surface area is 172 Å². The zero-order chi connectivity index (χ0) is 20.8. The van der Waals surface area contributed by atoms with Crippen molar-refractivity contribution in [1.82, 2.24) is 14.8 Å². The summed E-state index contributed by atoms with van der Waals surface area (Å²) in [5.74, 6) is 1.67. The van der Waals surface area contributed by atoms with Gasteiger partial charge in [0.15, 0.2) is 17.1 Å². The van der Waals surface area contributed by atoms with Gasteiger partial charge in [-0.2, -0.15) is 0 Å². The molecule has 0 saturated carbocycles. The van der Waals surface area contributed by atoms with Gasteiger partial charge in [0.2, 0.25) is 5.91 Å². The van der Waals surface area contributed by atoms with E-state index in [0.29, 0.717) is 22.4 Å². The van der Waals surface area contributed by atoms with Crippen LogP contribution in [0.3, 0.4) is 0 Å². The molecule has 1 N–H and O–H groups in total. The molecule has 7 nitrogen and oxygen atoms in total. The van der Waals surface area contributed by atoms with Crippen LogP contribution in [0, 0.1) is 5.82 Å². The zero-order valence-corrected chi connectivity index (χ0v) is 17.1. The third-order valence-electron chi connectivity index (χ3n) is 4.06. The number of benzene rings is 2. The predicted octanol–water partition coefficient (Wildman–Crippen LogP) is 3.83. The Balaban J connectivity index is 1.56. The van der Waals surface area contributed by atoms with Crippen LogP contribution in [-0.4, -0.2) is 33.5 Å². The van der Waals surface area contributed by atoms with E-state index in [9.17, 15) is 9.18 Å². The van der Waals surface area contributed by atoms with Gasteiger partial charge in [0, 0.05) is 12.7 Å². The van der Waals surface area contributed by atoms with Crippen molar-refractivity contribution >= 4 is 23.4 Å². The van der Waals surface area contributed by atoms with Gasteiger partial charge in [0.05, 0.1) is 12.9 Å². The van der Waals surface area contributed by atoms with Crippen molar-refractivity contribution in [3.63, 3.8) is 0 Å². The number of anilines is 1. The second-order valence-electron chi connectivity index (χ2n) is 6.18. The molecule has 0 radical (unpaired) electrons. The minimum atomic E-state index is -0.352. The highest BCUT2D eigenvalue weighted by molar-refractivity contribution is 7.99. The monoisotopic (exact) mass is 416 g/mol. The largest absolute Gasteiger partial charge is 0.497 e. The minimum absolute atomic E-state index is 0.150. The predicted molar refractivity (Wildman–Crippen MR) is 109 cm³/mol. The molecule has 2 aromatic carbocycles. The van der Waals surface area contributed by atoms with E-state index in [1.165, 1.54) is 36.0 Å². The Bertz CT molecular complexity index is 961. The molecule has 1 atom stereocenters. The number of carbonyl (C=O) groups is 1. The molecule has 0 spiro atoms. The lowest BCUT2D eigenvalue weighted by atomic mass is 10.3. The molecule has 0 aliphatic heterocycles. The van der Waals surface area contributed by atoms with Crippen molar-refractivity contribution in [2.45, 2.75) is 18.2 Å². The van der Waals surface area contributed by atoms with E-state index in [1.54, 1.807) is 11.7 Å². The Kier molecular flexibility index (Phi) is 6.71. The number of carbonyl (C=O) groups excluding carboxylic acids is 1. The van der Waals surface area contributed by atoms with Crippen LogP contribution < -0.4 is 14.8 Å². The first-order valence-electron chi connectivity index (χ1n) is 8.84. The summed E-state index contributed by atoms with van der Waals surface area (Å²) in [6.45, 7) is 1.88. The lowest BCUT2D eigenvalue weighted by Crippen LogP contribution is -2.14. The lowest BCUT2D eigenvalue weighted by molar-refractivity contribution is -0.113. The number of ether oxygens (including phenoxy) is 2. The fraction of sp³-hybridized carbons (Fsp3) is 0.250. The van der Waals surface area contributed by atoms with Gasteiger partial charge in [-0.15, -0.1) is 10.2 Å². The minimum Gasteiger partial charge on any atom is -0.497 e. The number of nitrogens with zero attached hydrogens (tertiary/aromatic N) is 3. The van der Waals surface area contributed by atoms with Crippen molar-refractivity contribution in [2.24, 2.45) is 7.05 Å². The molecule has 3 aromatic rings. The van der Waals surface area contributed by atoms with Crippen molar-refractivity contribution < 1.29 is 18.7 Å². The molecule has 1 amide bonds. The van der Waals surface area contributed by atoms with Gasteiger partial charge in [0.1, 0.15) is 17.3 Å². The van der Waals surface area contributed by atoms with Crippen LogP contribution >= 0.6 is 11.8 Å². The van der Waals surface area contributed by atoms with Gasteiger partial charge >= 0.3 is 0 Å². The zero-order valence-electron chi connectivity index (χ0n) is 16.3. The normalized spacial score (nSPS) is 11.7. The Hall–Kier alpha value is -3.07. The molecule has 0 fully saturated rings. The summed E-state index contributed by atoms with van der Waals surface area (Å²) < 4.78 is 25.8. The van der Waals surface area contributed by atoms with Gasteiger partial charge < -0.3 is 19.4 Å². The highest BCUT2D eigenvalue weighted by Gasteiger charge is 2.18. The Morgan fingerprint density at radius 1 is 1.14 bits per heavy atom. The molecule has 0 aliphatic carbocycles. The quantitative estimate of drug-likeness (QED) is 0.562. The number of aromatic nitrogens is 3. The fourth-order valence-electron chi connectivity index (χ4n) is 2.58. The van der Waals surface area contributed by atoms with Crippen LogP contribution in [0.5, 0.6) is 11.5 Å². The summed E-state index contributed by atoms with van der Waals surface area (Å²) in [6.07, 6.45) is -0.330. The molecule has 1 unspecified atom stereocenters. The van der Waals surface area contributed by atoms with Crippen LogP contribution in [0.1, 0.15) is 18.9 Å². The van der Waals surface area contributed by atoms with E-state index in [2.05, 4.69) is 15.5 Å². The maximum Gasteiger partial charge on any atom is 0.234 e. The summed E-state index contributed by atoms with van der Waals surface area (Å²) in [4.78, 5) is 12.1. The van der Waals surface area contributed by atoms with Crippen molar-refractivity contribution in [3.8, 4) is 11.5 Å². The molecule has 0 aliphatic rings. The molecule has 0 bridgehead atoms. The molecule has 1 aromatic heterocycles. The SMILES string of the molecule is COc1ccc(OC(C)c2nnc(SCC(=O)Nc3ccc(F)cc3)n2C)cc1. The first-order valence-corrected chi connectivity index (χ1v) is 9.83. The van der Waals surface area contributed by atoms with Gasteiger partial charge in [-0.3, -0.25) is 4.79 Å². The summed E-state index contributed by atoms with van der Waals surface area (Å²) in [7, 11) is 3.43. The molecule has 152 valence electrons. The summed E-state index contributed by atoms with van der Waals surface area (Å²) in [5.41, 5.74) is 0.539. The fourth-order valence-corrected chi connectivity index (χ4v) is 3.30. The average Bonchev–Trinajstić information content (AvgIpc) is 3.09. The van der Waals surface area contributed by atoms with Crippen LogP contribution in [0.2, 0.25) is 0 Å². The van der Waals surface area contributed by atoms with Crippen LogP contribution in [0.25, 0.3) is 0 Å². The maximum absolute atomic E-state index is 12.9. The number of thioether (sulfide) groups is 1. The lowest BCUT2D eigenvalue weighted by Gasteiger charge is -2.14. The molecular formula is C20H21FN4O3S. The summed E-state index contributed by atoms with van der Waals surface area (Å²) in [5, 5.41) is 11.6. The van der Waals surface area contributed by atoms with Gasteiger partial charge in [0.25, 0.3) is 0 Å². The summed E-state index contributed by atoms with van der Waals surface area (Å²) in [6, 6.07) is 12.9. The number of amides is 1. The van der Waals surface area contributed by atoms with Crippen LogP contribution in [0.15, 0.2) is 53.7 Å². The molecule has 9 heteroatoms. The van der Waals surface area contributed by atoms with E-state index in [1.807, 2.05) is 38.2 Å². The molecular weight excluding hydrogens is 395 g/mol. The third-order valence-corrected chi connectivity index (χ3v) is 5.09. The smallest absolute Gasteiger partial charge is 0.234 e. The number of halogens is 1. The Morgan fingerprint density at radius 2 is 1.79 bits per heavy atom. The first-order chi connectivity index (χ1) is 14.0. The average molecular weight is 416 g/mol.